The monoisotopic (exact) mass is 318 g/mol. The number of nitrogens with two attached hydrogens (primary N) is 1. The SMILES string of the molecule is NC(=O)CCNC(=O)c1cccc(NC(=O)C2CCCCN2)c1. The first-order chi connectivity index (χ1) is 11.1. The smallest absolute Gasteiger partial charge is 0.251 e. The Bertz CT molecular complexity index is 582. The summed E-state index contributed by atoms with van der Waals surface area (Å²) in [6.45, 7) is 1.04. The van der Waals surface area contributed by atoms with Crippen LogP contribution in [-0.4, -0.2) is 36.9 Å². The van der Waals surface area contributed by atoms with E-state index in [0.717, 1.165) is 25.8 Å². The molecule has 1 aliphatic heterocycles. The predicted octanol–water partition coefficient (Wildman–Crippen LogP) is 0.372. The van der Waals surface area contributed by atoms with Gasteiger partial charge in [0, 0.05) is 24.2 Å². The normalized spacial score (nSPS) is 17.3. The summed E-state index contributed by atoms with van der Waals surface area (Å²) in [6.07, 6.45) is 3.03. The first-order valence-corrected chi connectivity index (χ1v) is 7.77. The van der Waals surface area contributed by atoms with Gasteiger partial charge in [-0.05, 0) is 37.6 Å². The van der Waals surface area contributed by atoms with Crippen molar-refractivity contribution in [1.29, 1.82) is 0 Å². The van der Waals surface area contributed by atoms with Gasteiger partial charge in [0.2, 0.25) is 11.8 Å². The van der Waals surface area contributed by atoms with Crippen LogP contribution in [0.3, 0.4) is 0 Å². The summed E-state index contributed by atoms with van der Waals surface area (Å²) < 4.78 is 0. The Hall–Kier alpha value is -2.41. The van der Waals surface area contributed by atoms with E-state index in [-0.39, 0.29) is 30.8 Å². The molecule has 1 aromatic rings. The zero-order valence-electron chi connectivity index (χ0n) is 12.9. The summed E-state index contributed by atoms with van der Waals surface area (Å²) in [4.78, 5) is 34.8. The van der Waals surface area contributed by atoms with E-state index >= 15 is 0 Å². The van der Waals surface area contributed by atoms with Crippen LogP contribution in [0.4, 0.5) is 5.69 Å². The van der Waals surface area contributed by atoms with Gasteiger partial charge in [-0.15, -0.1) is 0 Å². The lowest BCUT2D eigenvalue weighted by Crippen LogP contribution is -2.43. The average Bonchev–Trinajstić information content (AvgIpc) is 2.55. The Kier molecular flexibility index (Phi) is 6.10. The molecule has 0 aliphatic carbocycles. The molecule has 7 heteroatoms. The Labute approximate surface area is 135 Å². The molecule has 5 N–H and O–H groups in total. The van der Waals surface area contributed by atoms with Crippen molar-refractivity contribution in [3.8, 4) is 0 Å². The Balaban J connectivity index is 1.92. The number of hydrogen-bond donors (Lipinski definition) is 4. The lowest BCUT2D eigenvalue weighted by molar-refractivity contribution is -0.119. The van der Waals surface area contributed by atoms with Gasteiger partial charge >= 0.3 is 0 Å². The molecule has 7 nitrogen and oxygen atoms in total. The van der Waals surface area contributed by atoms with Crippen LogP contribution in [0.2, 0.25) is 0 Å². The van der Waals surface area contributed by atoms with Crippen molar-refractivity contribution in [3.05, 3.63) is 29.8 Å². The quantitative estimate of drug-likeness (QED) is 0.607. The third kappa shape index (κ3) is 5.37. The number of primary amides is 1. The van der Waals surface area contributed by atoms with Gasteiger partial charge in [-0.2, -0.15) is 0 Å². The highest BCUT2D eigenvalue weighted by Gasteiger charge is 2.20. The van der Waals surface area contributed by atoms with Crippen LogP contribution in [0.25, 0.3) is 0 Å². The van der Waals surface area contributed by atoms with Gasteiger partial charge in [0.25, 0.3) is 5.91 Å². The molecular formula is C16H22N4O3. The third-order valence-corrected chi connectivity index (χ3v) is 3.68. The molecule has 3 amide bonds. The van der Waals surface area contributed by atoms with E-state index in [2.05, 4.69) is 16.0 Å². The van der Waals surface area contributed by atoms with Crippen LogP contribution < -0.4 is 21.7 Å². The molecule has 1 atom stereocenters. The van der Waals surface area contributed by atoms with Gasteiger partial charge in [-0.3, -0.25) is 14.4 Å². The van der Waals surface area contributed by atoms with E-state index in [1.165, 1.54) is 0 Å². The molecule has 0 aromatic heterocycles. The number of benzene rings is 1. The first-order valence-electron chi connectivity index (χ1n) is 7.77. The summed E-state index contributed by atoms with van der Waals surface area (Å²) in [6, 6.07) is 6.51. The van der Waals surface area contributed by atoms with E-state index in [1.807, 2.05) is 0 Å². The second-order valence-electron chi connectivity index (χ2n) is 5.54. The highest BCUT2D eigenvalue weighted by Crippen LogP contribution is 2.13. The number of nitrogens with one attached hydrogen (secondary N) is 3. The number of anilines is 1. The van der Waals surface area contributed by atoms with Crippen LogP contribution in [-0.2, 0) is 9.59 Å². The number of carbonyl (C=O) groups is 3. The topological polar surface area (TPSA) is 113 Å². The van der Waals surface area contributed by atoms with Crippen molar-refractivity contribution in [1.82, 2.24) is 10.6 Å². The van der Waals surface area contributed by atoms with Crippen LogP contribution in [0.5, 0.6) is 0 Å². The minimum Gasteiger partial charge on any atom is -0.370 e. The maximum absolute atomic E-state index is 12.2. The maximum Gasteiger partial charge on any atom is 0.251 e. The lowest BCUT2D eigenvalue weighted by Gasteiger charge is -2.22. The molecule has 1 fully saturated rings. The summed E-state index contributed by atoms with van der Waals surface area (Å²) in [5.74, 6) is -0.861. The molecule has 0 bridgehead atoms. The van der Waals surface area contributed by atoms with Crippen molar-refractivity contribution in [2.24, 2.45) is 5.73 Å². The van der Waals surface area contributed by atoms with Gasteiger partial charge in [0.05, 0.1) is 6.04 Å². The molecular weight excluding hydrogens is 296 g/mol. The molecule has 1 heterocycles. The summed E-state index contributed by atoms with van der Waals surface area (Å²) in [5, 5.41) is 8.61. The molecule has 2 rings (SSSR count). The van der Waals surface area contributed by atoms with E-state index in [0.29, 0.717) is 11.3 Å². The van der Waals surface area contributed by atoms with Crippen molar-refractivity contribution in [2.45, 2.75) is 31.7 Å². The molecule has 23 heavy (non-hydrogen) atoms. The number of piperidine rings is 1. The van der Waals surface area contributed by atoms with Crippen LogP contribution in [0, 0.1) is 0 Å². The largest absolute Gasteiger partial charge is 0.370 e. The fourth-order valence-electron chi connectivity index (χ4n) is 2.44. The lowest BCUT2D eigenvalue weighted by atomic mass is 10.0. The Morgan fingerprint density at radius 2 is 2.09 bits per heavy atom. The van der Waals surface area contributed by atoms with E-state index in [1.54, 1.807) is 24.3 Å². The molecule has 0 spiro atoms. The van der Waals surface area contributed by atoms with E-state index in [9.17, 15) is 14.4 Å². The van der Waals surface area contributed by atoms with Crippen molar-refractivity contribution >= 4 is 23.4 Å². The number of hydrogen-bond acceptors (Lipinski definition) is 4. The molecule has 0 saturated carbocycles. The van der Waals surface area contributed by atoms with Gasteiger partial charge in [-0.1, -0.05) is 12.5 Å². The Morgan fingerprint density at radius 1 is 1.26 bits per heavy atom. The van der Waals surface area contributed by atoms with Gasteiger partial charge in [-0.25, -0.2) is 0 Å². The fourth-order valence-corrected chi connectivity index (χ4v) is 2.44. The minimum absolute atomic E-state index is 0.0870. The fraction of sp³-hybridized carbons (Fsp3) is 0.438. The van der Waals surface area contributed by atoms with Gasteiger partial charge in [0.1, 0.15) is 0 Å². The number of amides is 3. The standard InChI is InChI=1S/C16H22N4O3/c17-14(21)7-9-19-15(22)11-4-3-5-12(10-11)20-16(23)13-6-1-2-8-18-13/h3-5,10,13,18H,1-2,6-9H2,(H2,17,21)(H,19,22)(H,20,23). The highest BCUT2D eigenvalue weighted by molar-refractivity contribution is 5.98. The van der Waals surface area contributed by atoms with Gasteiger partial charge < -0.3 is 21.7 Å². The van der Waals surface area contributed by atoms with Gasteiger partial charge in [0.15, 0.2) is 0 Å². The average molecular weight is 318 g/mol. The zero-order chi connectivity index (χ0) is 16.7. The summed E-state index contributed by atoms with van der Waals surface area (Å²) in [5.41, 5.74) is 6.02. The minimum atomic E-state index is -0.466. The predicted molar refractivity (Wildman–Crippen MR) is 86.9 cm³/mol. The van der Waals surface area contributed by atoms with Crippen molar-refractivity contribution < 1.29 is 14.4 Å². The van der Waals surface area contributed by atoms with Crippen molar-refractivity contribution in [2.75, 3.05) is 18.4 Å². The van der Waals surface area contributed by atoms with E-state index in [4.69, 9.17) is 5.73 Å². The molecule has 124 valence electrons. The summed E-state index contributed by atoms with van der Waals surface area (Å²) in [7, 11) is 0. The maximum atomic E-state index is 12.2. The second kappa shape index (κ2) is 8.28. The van der Waals surface area contributed by atoms with E-state index < -0.39 is 5.91 Å². The molecule has 1 aliphatic rings. The molecule has 1 unspecified atom stereocenters. The summed E-state index contributed by atoms with van der Waals surface area (Å²) >= 11 is 0. The first kappa shape index (κ1) is 17.0. The second-order valence-corrected chi connectivity index (χ2v) is 5.54. The molecule has 1 aromatic carbocycles. The van der Waals surface area contributed by atoms with Crippen molar-refractivity contribution in [3.63, 3.8) is 0 Å². The number of carbonyl (C=O) groups excluding carboxylic acids is 3. The molecule has 0 radical (unpaired) electrons. The van der Waals surface area contributed by atoms with Crippen LogP contribution in [0.1, 0.15) is 36.0 Å². The number of rotatable bonds is 6. The highest BCUT2D eigenvalue weighted by atomic mass is 16.2. The third-order valence-electron chi connectivity index (χ3n) is 3.68. The van der Waals surface area contributed by atoms with Crippen LogP contribution in [0.15, 0.2) is 24.3 Å². The molecule has 1 saturated heterocycles. The zero-order valence-corrected chi connectivity index (χ0v) is 12.9. The Morgan fingerprint density at radius 3 is 2.78 bits per heavy atom. The van der Waals surface area contributed by atoms with Crippen LogP contribution >= 0.6 is 0 Å².